The molecule has 0 saturated carbocycles. The lowest BCUT2D eigenvalue weighted by Gasteiger charge is -2.24. The fourth-order valence-electron chi connectivity index (χ4n) is 3.32. The van der Waals surface area contributed by atoms with Crippen molar-refractivity contribution in [3.8, 4) is 5.69 Å². The molecule has 5 heteroatoms. The van der Waals surface area contributed by atoms with Crippen LogP contribution in [0.1, 0.15) is 29.5 Å². The van der Waals surface area contributed by atoms with Crippen molar-refractivity contribution in [1.82, 2.24) is 19.4 Å². The summed E-state index contributed by atoms with van der Waals surface area (Å²) in [4.78, 5) is 21.8. The Morgan fingerprint density at radius 1 is 1.04 bits per heavy atom. The number of likely N-dealkylation sites (N-methyl/N-ethyl adjacent to an activating group) is 1. The smallest absolute Gasteiger partial charge is 0.253 e. The molecule has 0 fully saturated rings. The molecule has 0 N–H and O–H groups in total. The molecule has 0 spiro atoms. The Labute approximate surface area is 161 Å². The molecule has 0 bridgehead atoms. The van der Waals surface area contributed by atoms with Gasteiger partial charge in [-0.15, -0.1) is 0 Å². The molecule has 1 aromatic heterocycles. The maximum atomic E-state index is 13.0. The lowest BCUT2D eigenvalue weighted by Crippen LogP contribution is -2.37. The molecule has 1 amide bonds. The largest absolute Gasteiger partial charge is 0.337 e. The lowest BCUT2D eigenvalue weighted by molar-refractivity contribution is 0.0745. The Balaban J connectivity index is 1.93. The standard InChI is InChI=1S/C22H28N4O/c1-5-13-25(15-14-24(3)4)22(27)18-11-12-21-20(16-18)23-17(2)26(21)19-9-7-6-8-10-19/h6-12,16H,5,13-15H2,1-4H3. The van der Waals surface area contributed by atoms with Crippen molar-refractivity contribution in [3.63, 3.8) is 0 Å². The van der Waals surface area contributed by atoms with Gasteiger partial charge < -0.3 is 9.80 Å². The van der Waals surface area contributed by atoms with Crippen molar-refractivity contribution >= 4 is 16.9 Å². The monoisotopic (exact) mass is 364 g/mol. The SMILES string of the molecule is CCCN(CCN(C)C)C(=O)c1ccc2c(c1)nc(C)n2-c1ccccc1. The van der Waals surface area contributed by atoms with Gasteiger partial charge in [-0.2, -0.15) is 0 Å². The zero-order chi connectivity index (χ0) is 19.4. The minimum absolute atomic E-state index is 0.0764. The van der Waals surface area contributed by atoms with Gasteiger partial charge in [-0.3, -0.25) is 9.36 Å². The molecule has 0 atom stereocenters. The number of para-hydroxylation sites is 1. The summed E-state index contributed by atoms with van der Waals surface area (Å²) in [5.74, 6) is 0.992. The Kier molecular flexibility index (Phi) is 5.91. The predicted octanol–water partition coefficient (Wildman–Crippen LogP) is 3.75. The number of rotatable bonds is 7. The first-order chi connectivity index (χ1) is 13.0. The molecule has 27 heavy (non-hydrogen) atoms. The molecule has 3 rings (SSSR count). The van der Waals surface area contributed by atoms with Crippen molar-refractivity contribution < 1.29 is 4.79 Å². The number of hydrogen-bond acceptors (Lipinski definition) is 3. The van der Waals surface area contributed by atoms with Crippen LogP contribution in [-0.2, 0) is 0 Å². The summed E-state index contributed by atoms with van der Waals surface area (Å²) in [5.41, 5.74) is 3.65. The van der Waals surface area contributed by atoms with E-state index in [-0.39, 0.29) is 5.91 Å². The number of hydrogen-bond donors (Lipinski definition) is 0. The highest BCUT2D eigenvalue weighted by atomic mass is 16.2. The van der Waals surface area contributed by atoms with Gasteiger partial charge in [-0.25, -0.2) is 4.98 Å². The van der Waals surface area contributed by atoms with E-state index in [4.69, 9.17) is 4.98 Å². The van der Waals surface area contributed by atoms with Crippen LogP contribution in [0, 0.1) is 6.92 Å². The van der Waals surface area contributed by atoms with E-state index in [1.165, 1.54) is 0 Å². The Bertz CT molecular complexity index is 915. The number of imidazole rings is 1. The van der Waals surface area contributed by atoms with Crippen molar-refractivity contribution in [3.05, 3.63) is 59.9 Å². The second-order valence-corrected chi connectivity index (χ2v) is 7.13. The summed E-state index contributed by atoms with van der Waals surface area (Å²) in [6.07, 6.45) is 0.948. The molecular formula is C22H28N4O. The molecule has 0 saturated heterocycles. The van der Waals surface area contributed by atoms with E-state index < -0.39 is 0 Å². The molecule has 0 radical (unpaired) electrons. The number of benzene rings is 2. The van der Waals surface area contributed by atoms with E-state index >= 15 is 0 Å². The first-order valence-corrected chi connectivity index (χ1v) is 9.49. The third-order valence-corrected chi connectivity index (χ3v) is 4.68. The van der Waals surface area contributed by atoms with Crippen LogP contribution in [0.2, 0.25) is 0 Å². The van der Waals surface area contributed by atoms with Gasteiger partial charge in [0.25, 0.3) is 5.91 Å². The second kappa shape index (κ2) is 8.35. The Morgan fingerprint density at radius 2 is 1.78 bits per heavy atom. The van der Waals surface area contributed by atoms with Gasteiger partial charge in [0.1, 0.15) is 5.82 Å². The number of carbonyl (C=O) groups excluding carboxylic acids is 1. The maximum Gasteiger partial charge on any atom is 0.253 e. The summed E-state index contributed by atoms with van der Waals surface area (Å²) in [5, 5.41) is 0. The van der Waals surface area contributed by atoms with E-state index in [1.54, 1.807) is 0 Å². The molecule has 0 aliphatic rings. The summed E-state index contributed by atoms with van der Waals surface area (Å²) < 4.78 is 2.12. The first kappa shape index (κ1) is 19.1. The molecule has 5 nitrogen and oxygen atoms in total. The topological polar surface area (TPSA) is 41.4 Å². The molecule has 0 unspecified atom stereocenters. The zero-order valence-electron chi connectivity index (χ0n) is 16.6. The zero-order valence-corrected chi connectivity index (χ0v) is 16.6. The van der Waals surface area contributed by atoms with Gasteiger partial charge in [0.2, 0.25) is 0 Å². The fraction of sp³-hybridized carbons (Fsp3) is 0.364. The molecular weight excluding hydrogens is 336 g/mol. The second-order valence-electron chi connectivity index (χ2n) is 7.13. The molecule has 142 valence electrons. The van der Waals surface area contributed by atoms with Gasteiger partial charge >= 0.3 is 0 Å². The van der Waals surface area contributed by atoms with Crippen molar-refractivity contribution in [1.29, 1.82) is 0 Å². The third kappa shape index (κ3) is 4.19. The summed E-state index contributed by atoms with van der Waals surface area (Å²) in [6.45, 7) is 6.45. The minimum atomic E-state index is 0.0764. The van der Waals surface area contributed by atoms with Crippen molar-refractivity contribution in [2.45, 2.75) is 20.3 Å². The van der Waals surface area contributed by atoms with Gasteiger partial charge in [0.15, 0.2) is 0 Å². The van der Waals surface area contributed by atoms with E-state index in [0.717, 1.165) is 48.6 Å². The normalized spacial score (nSPS) is 11.3. The van der Waals surface area contributed by atoms with Crippen LogP contribution >= 0.6 is 0 Å². The Hall–Kier alpha value is -2.66. The fourth-order valence-corrected chi connectivity index (χ4v) is 3.32. The van der Waals surface area contributed by atoms with E-state index in [2.05, 4.69) is 28.5 Å². The minimum Gasteiger partial charge on any atom is -0.337 e. The van der Waals surface area contributed by atoms with Crippen LogP contribution in [0.4, 0.5) is 0 Å². The third-order valence-electron chi connectivity index (χ3n) is 4.68. The van der Waals surface area contributed by atoms with Crippen LogP contribution in [0.15, 0.2) is 48.5 Å². The molecule has 1 heterocycles. The molecule has 2 aromatic carbocycles. The van der Waals surface area contributed by atoms with E-state index in [1.807, 2.05) is 62.3 Å². The lowest BCUT2D eigenvalue weighted by atomic mass is 10.1. The molecule has 0 aliphatic carbocycles. The van der Waals surface area contributed by atoms with Crippen molar-refractivity contribution in [2.24, 2.45) is 0 Å². The summed E-state index contributed by atoms with van der Waals surface area (Å²) in [7, 11) is 4.05. The van der Waals surface area contributed by atoms with E-state index in [0.29, 0.717) is 5.56 Å². The highest BCUT2D eigenvalue weighted by Gasteiger charge is 2.17. The predicted molar refractivity (Wildman–Crippen MR) is 111 cm³/mol. The number of aromatic nitrogens is 2. The van der Waals surface area contributed by atoms with Crippen LogP contribution in [0.5, 0.6) is 0 Å². The molecule has 3 aromatic rings. The van der Waals surface area contributed by atoms with Gasteiger partial charge in [-0.1, -0.05) is 25.1 Å². The van der Waals surface area contributed by atoms with E-state index in [9.17, 15) is 4.79 Å². The number of carbonyl (C=O) groups is 1. The van der Waals surface area contributed by atoms with Crippen molar-refractivity contribution in [2.75, 3.05) is 33.7 Å². The van der Waals surface area contributed by atoms with Crippen LogP contribution in [0.3, 0.4) is 0 Å². The highest BCUT2D eigenvalue weighted by Crippen LogP contribution is 2.23. The van der Waals surface area contributed by atoms with Gasteiger partial charge in [0.05, 0.1) is 11.0 Å². The van der Waals surface area contributed by atoms with Gasteiger partial charge in [-0.05, 0) is 57.8 Å². The van der Waals surface area contributed by atoms with Crippen LogP contribution in [-0.4, -0.2) is 59.0 Å². The number of nitrogens with zero attached hydrogens (tertiary/aromatic N) is 4. The average molecular weight is 364 g/mol. The maximum absolute atomic E-state index is 13.0. The highest BCUT2D eigenvalue weighted by molar-refractivity contribution is 5.97. The average Bonchev–Trinajstić information content (AvgIpc) is 3.00. The number of fused-ring (bicyclic) bond motifs is 1. The molecule has 0 aliphatic heterocycles. The van der Waals surface area contributed by atoms with Gasteiger partial charge in [0, 0.05) is 30.9 Å². The first-order valence-electron chi connectivity index (χ1n) is 9.49. The summed E-state index contributed by atoms with van der Waals surface area (Å²) in [6, 6.07) is 16.0. The number of aryl methyl sites for hydroxylation is 1. The van der Waals surface area contributed by atoms with Crippen LogP contribution in [0.25, 0.3) is 16.7 Å². The summed E-state index contributed by atoms with van der Waals surface area (Å²) >= 11 is 0. The number of amides is 1. The van der Waals surface area contributed by atoms with Crippen LogP contribution < -0.4 is 0 Å². The quantitative estimate of drug-likeness (QED) is 0.641. The Morgan fingerprint density at radius 3 is 2.44 bits per heavy atom.